The Morgan fingerprint density at radius 1 is 0.923 bits per heavy atom. The maximum Gasteiger partial charge on any atom is 0.323 e. The zero-order valence-electron chi connectivity index (χ0n) is 17.4. The van der Waals surface area contributed by atoms with Crippen molar-refractivity contribution in [3.8, 4) is 0 Å². The van der Waals surface area contributed by atoms with Crippen LogP contribution in [0.25, 0.3) is 0 Å². The second-order valence-electron chi connectivity index (χ2n) is 6.77. The number of unbranched alkanes of at least 4 members (excludes halogenated alkanes) is 1. The number of allylic oxidation sites excluding steroid dienone is 6. The molecular weight excluding hydrogens is 328 g/mol. The molecule has 0 spiro atoms. The second kappa shape index (κ2) is 13.4. The van der Waals surface area contributed by atoms with Gasteiger partial charge in [-0.3, -0.25) is 9.59 Å². The van der Waals surface area contributed by atoms with Crippen molar-refractivity contribution in [3.05, 3.63) is 35.5 Å². The van der Waals surface area contributed by atoms with Crippen molar-refractivity contribution in [1.82, 2.24) is 0 Å². The van der Waals surface area contributed by atoms with Gasteiger partial charge in [0.15, 0.2) is 5.41 Å². The molecule has 0 radical (unpaired) electrons. The molecular formula is C22H36O4. The molecule has 0 saturated heterocycles. The Morgan fingerprint density at radius 3 is 2.15 bits per heavy atom. The van der Waals surface area contributed by atoms with Crippen molar-refractivity contribution >= 4 is 11.9 Å². The summed E-state index contributed by atoms with van der Waals surface area (Å²) in [5.74, 6) is -1.04. The van der Waals surface area contributed by atoms with Crippen LogP contribution in [0.2, 0.25) is 0 Å². The van der Waals surface area contributed by atoms with Crippen LogP contribution >= 0.6 is 0 Å². The Bertz CT molecular complexity index is 524. The van der Waals surface area contributed by atoms with Crippen LogP contribution < -0.4 is 0 Å². The van der Waals surface area contributed by atoms with Gasteiger partial charge in [0.1, 0.15) is 0 Å². The summed E-state index contributed by atoms with van der Waals surface area (Å²) in [5, 5.41) is 0. The summed E-state index contributed by atoms with van der Waals surface area (Å²) in [4.78, 5) is 24.5. The molecule has 4 nitrogen and oxygen atoms in total. The molecule has 1 atom stereocenters. The molecule has 0 aliphatic carbocycles. The Hall–Kier alpha value is -1.84. The Labute approximate surface area is 159 Å². The van der Waals surface area contributed by atoms with Gasteiger partial charge in [-0.15, -0.1) is 0 Å². The minimum Gasteiger partial charge on any atom is -0.468 e. The first-order valence-electron chi connectivity index (χ1n) is 9.53. The van der Waals surface area contributed by atoms with Crippen LogP contribution in [0.15, 0.2) is 35.5 Å². The molecule has 26 heavy (non-hydrogen) atoms. The summed E-state index contributed by atoms with van der Waals surface area (Å²) < 4.78 is 9.95. The van der Waals surface area contributed by atoms with Crippen molar-refractivity contribution in [2.24, 2.45) is 5.41 Å². The van der Waals surface area contributed by atoms with E-state index in [-0.39, 0.29) is 6.61 Å². The number of methoxy groups -OCH3 is 1. The van der Waals surface area contributed by atoms with Crippen LogP contribution in [0.4, 0.5) is 0 Å². The third kappa shape index (κ3) is 8.50. The first-order chi connectivity index (χ1) is 12.3. The molecule has 0 aromatic carbocycles. The summed E-state index contributed by atoms with van der Waals surface area (Å²) in [6, 6.07) is 0. The third-order valence-electron chi connectivity index (χ3n) is 4.40. The molecule has 0 bridgehead atoms. The molecule has 148 valence electrons. The zero-order chi connectivity index (χ0) is 20.0. The summed E-state index contributed by atoms with van der Waals surface area (Å²) in [6.45, 7) is 10.2. The van der Waals surface area contributed by atoms with Gasteiger partial charge >= 0.3 is 11.9 Å². The van der Waals surface area contributed by atoms with Gasteiger partial charge in [-0.2, -0.15) is 0 Å². The molecule has 0 aromatic heterocycles. The lowest BCUT2D eigenvalue weighted by molar-refractivity contribution is -0.170. The average molecular weight is 365 g/mol. The lowest BCUT2D eigenvalue weighted by Crippen LogP contribution is -2.40. The molecule has 0 aromatic rings. The SMILES string of the molecule is CCOC(=O)C(CC)(C/C=C/CC/C=C(\C)CCC=C(C)C)C(=O)OC. The predicted molar refractivity (Wildman–Crippen MR) is 107 cm³/mol. The summed E-state index contributed by atoms with van der Waals surface area (Å²) in [6.07, 6.45) is 13.1. The van der Waals surface area contributed by atoms with Crippen LogP contribution in [-0.2, 0) is 19.1 Å². The zero-order valence-corrected chi connectivity index (χ0v) is 17.4. The molecule has 0 heterocycles. The number of hydrogen-bond acceptors (Lipinski definition) is 4. The standard InChI is InChI=1S/C22H36O4/c1-7-22(20(23)25-6,21(24)26-8-2)17-12-10-9-11-15-19(5)16-13-14-18(3)4/h10,12,14-15H,7-9,11,13,16-17H2,1-6H3/b12-10+,19-15+. The van der Waals surface area contributed by atoms with Gasteiger partial charge in [-0.25, -0.2) is 0 Å². The Morgan fingerprint density at radius 2 is 1.62 bits per heavy atom. The number of ether oxygens (including phenoxy) is 2. The first kappa shape index (κ1) is 24.2. The fourth-order valence-corrected chi connectivity index (χ4v) is 2.67. The van der Waals surface area contributed by atoms with E-state index < -0.39 is 17.4 Å². The van der Waals surface area contributed by atoms with Crippen LogP contribution in [0.5, 0.6) is 0 Å². The maximum absolute atomic E-state index is 12.3. The summed E-state index contributed by atoms with van der Waals surface area (Å²) >= 11 is 0. The average Bonchev–Trinajstić information content (AvgIpc) is 2.60. The van der Waals surface area contributed by atoms with E-state index in [1.165, 1.54) is 18.3 Å². The minimum atomic E-state index is -1.24. The molecule has 1 unspecified atom stereocenters. The van der Waals surface area contributed by atoms with E-state index in [0.29, 0.717) is 12.8 Å². The van der Waals surface area contributed by atoms with Gasteiger partial charge in [0.05, 0.1) is 13.7 Å². The van der Waals surface area contributed by atoms with E-state index in [9.17, 15) is 9.59 Å². The lowest BCUT2D eigenvalue weighted by Gasteiger charge is -2.26. The number of hydrogen-bond donors (Lipinski definition) is 0. The highest BCUT2D eigenvalue weighted by Gasteiger charge is 2.46. The quantitative estimate of drug-likeness (QED) is 0.197. The second-order valence-corrected chi connectivity index (χ2v) is 6.77. The summed E-state index contributed by atoms with van der Waals surface area (Å²) in [5.41, 5.74) is 1.50. The highest BCUT2D eigenvalue weighted by Crippen LogP contribution is 2.31. The van der Waals surface area contributed by atoms with E-state index in [0.717, 1.165) is 25.7 Å². The highest BCUT2D eigenvalue weighted by molar-refractivity contribution is 6.00. The van der Waals surface area contributed by atoms with Gasteiger partial charge in [-0.05, 0) is 66.2 Å². The van der Waals surface area contributed by atoms with Crippen LogP contribution in [0.3, 0.4) is 0 Å². The smallest absolute Gasteiger partial charge is 0.323 e. The monoisotopic (exact) mass is 364 g/mol. The van der Waals surface area contributed by atoms with Crippen LogP contribution in [-0.4, -0.2) is 25.7 Å². The van der Waals surface area contributed by atoms with E-state index in [1.54, 1.807) is 13.8 Å². The van der Waals surface area contributed by atoms with Crippen LogP contribution in [0.1, 0.15) is 73.1 Å². The molecule has 4 heteroatoms. The first-order valence-corrected chi connectivity index (χ1v) is 9.53. The topological polar surface area (TPSA) is 52.6 Å². The largest absolute Gasteiger partial charge is 0.468 e. The fraction of sp³-hybridized carbons (Fsp3) is 0.636. The van der Waals surface area contributed by atoms with Crippen molar-refractivity contribution in [2.45, 2.75) is 73.1 Å². The van der Waals surface area contributed by atoms with Gasteiger partial charge in [0.2, 0.25) is 0 Å². The number of rotatable bonds is 12. The molecule has 0 rings (SSSR count). The van der Waals surface area contributed by atoms with E-state index >= 15 is 0 Å². The van der Waals surface area contributed by atoms with Gasteiger partial charge in [-0.1, -0.05) is 42.4 Å². The number of carbonyl (C=O) groups excluding carboxylic acids is 2. The lowest BCUT2D eigenvalue weighted by atomic mass is 9.81. The van der Waals surface area contributed by atoms with E-state index in [1.807, 2.05) is 12.2 Å². The van der Waals surface area contributed by atoms with Gasteiger partial charge in [0.25, 0.3) is 0 Å². The maximum atomic E-state index is 12.3. The number of carbonyl (C=O) groups is 2. The molecule has 0 aliphatic rings. The molecule has 0 amide bonds. The molecule has 0 aliphatic heterocycles. The Kier molecular flexibility index (Phi) is 12.4. The van der Waals surface area contributed by atoms with Crippen LogP contribution in [0, 0.1) is 5.41 Å². The van der Waals surface area contributed by atoms with Gasteiger partial charge < -0.3 is 9.47 Å². The van der Waals surface area contributed by atoms with Gasteiger partial charge in [0, 0.05) is 0 Å². The van der Waals surface area contributed by atoms with Crippen molar-refractivity contribution < 1.29 is 19.1 Å². The van der Waals surface area contributed by atoms with Crippen molar-refractivity contribution in [3.63, 3.8) is 0 Å². The molecule has 0 N–H and O–H groups in total. The van der Waals surface area contributed by atoms with E-state index in [4.69, 9.17) is 9.47 Å². The minimum absolute atomic E-state index is 0.248. The van der Waals surface area contributed by atoms with Crippen molar-refractivity contribution in [2.75, 3.05) is 13.7 Å². The van der Waals surface area contributed by atoms with Crippen molar-refractivity contribution in [1.29, 1.82) is 0 Å². The normalized spacial score (nSPS) is 14.0. The fourth-order valence-electron chi connectivity index (χ4n) is 2.67. The summed E-state index contributed by atoms with van der Waals surface area (Å²) in [7, 11) is 1.30. The molecule has 0 saturated carbocycles. The predicted octanol–water partition coefficient (Wildman–Crippen LogP) is 5.54. The Balaban J connectivity index is 4.63. The van der Waals surface area contributed by atoms with E-state index in [2.05, 4.69) is 32.9 Å². The molecule has 0 fully saturated rings. The number of esters is 2. The highest BCUT2D eigenvalue weighted by atomic mass is 16.6. The third-order valence-corrected chi connectivity index (χ3v) is 4.40.